The van der Waals surface area contributed by atoms with Crippen molar-refractivity contribution in [2.75, 3.05) is 37.3 Å². The van der Waals surface area contributed by atoms with Crippen molar-refractivity contribution in [2.24, 2.45) is 5.73 Å². The highest BCUT2D eigenvalue weighted by molar-refractivity contribution is 5.76. The fourth-order valence-corrected chi connectivity index (χ4v) is 2.68. The van der Waals surface area contributed by atoms with E-state index in [1.807, 2.05) is 36.2 Å². The van der Waals surface area contributed by atoms with Crippen molar-refractivity contribution in [3.8, 4) is 0 Å². The van der Waals surface area contributed by atoms with Gasteiger partial charge in [-0.1, -0.05) is 12.1 Å². The number of anilines is 2. The molecular weight excluding hydrogens is 240 g/mol. The predicted octanol–water partition coefficient (Wildman–Crippen LogP) is 0.655. The number of piperidine rings is 1. The van der Waals surface area contributed by atoms with E-state index in [1.165, 1.54) is 0 Å². The Hall–Kier alpha value is -1.75. The van der Waals surface area contributed by atoms with Gasteiger partial charge in [-0.2, -0.15) is 0 Å². The van der Waals surface area contributed by atoms with Crippen molar-refractivity contribution in [1.82, 2.24) is 4.90 Å². The van der Waals surface area contributed by atoms with Crippen molar-refractivity contribution >= 4 is 17.3 Å². The molecular formula is C14H22N4O. The fourth-order valence-electron chi connectivity index (χ4n) is 2.68. The minimum Gasteiger partial charge on any atom is -0.397 e. The number of likely N-dealkylation sites (N-methyl/N-ethyl adjacent to an activating group) is 1. The van der Waals surface area contributed by atoms with Crippen molar-refractivity contribution in [3.63, 3.8) is 0 Å². The van der Waals surface area contributed by atoms with Gasteiger partial charge in [0, 0.05) is 19.1 Å². The average Bonchev–Trinajstić information content (AvgIpc) is 2.38. The molecule has 1 fully saturated rings. The van der Waals surface area contributed by atoms with Gasteiger partial charge >= 0.3 is 0 Å². The lowest BCUT2D eigenvalue weighted by molar-refractivity contribution is -0.119. The molecule has 19 heavy (non-hydrogen) atoms. The number of hydrogen-bond acceptors (Lipinski definition) is 4. The number of hydrogen-bond donors (Lipinski definition) is 2. The summed E-state index contributed by atoms with van der Waals surface area (Å²) in [6.07, 6.45) is 2.19. The highest BCUT2D eigenvalue weighted by Crippen LogP contribution is 2.26. The summed E-state index contributed by atoms with van der Waals surface area (Å²) in [5.41, 5.74) is 13.2. The summed E-state index contributed by atoms with van der Waals surface area (Å²) in [6, 6.07) is 8.26. The minimum atomic E-state index is -0.279. The maximum absolute atomic E-state index is 11.0. The summed E-state index contributed by atoms with van der Waals surface area (Å²) in [5.74, 6) is -0.279. The Kier molecular flexibility index (Phi) is 4.27. The summed E-state index contributed by atoms with van der Waals surface area (Å²) < 4.78 is 0. The normalized spacial score (nSPS) is 19.7. The van der Waals surface area contributed by atoms with Gasteiger partial charge in [0.1, 0.15) is 0 Å². The molecule has 1 aliphatic rings. The van der Waals surface area contributed by atoms with E-state index in [0.717, 1.165) is 37.3 Å². The van der Waals surface area contributed by atoms with Crippen LogP contribution < -0.4 is 16.4 Å². The lowest BCUT2D eigenvalue weighted by Gasteiger charge is -2.38. The van der Waals surface area contributed by atoms with Gasteiger partial charge in [0.15, 0.2) is 0 Å². The van der Waals surface area contributed by atoms with Gasteiger partial charge < -0.3 is 16.4 Å². The zero-order valence-electron chi connectivity index (χ0n) is 11.4. The number of amides is 1. The monoisotopic (exact) mass is 262 g/mol. The number of nitrogen functional groups attached to an aromatic ring is 1. The Labute approximate surface area is 114 Å². The van der Waals surface area contributed by atoms with Crippen LogP contribution in [0.25, 0.3) is 0 Å². The molecule has 0 bridgehead atoms. The Morgan fingerprint density at radius 1 is 1.47 bits per heavy atom. The van der Waals surface area contributed by atoms with Gasteiger partial charge in [-0.3, -0.25) is 9.69 Å². The number of carbonyl (C=O) groups excluding carboxylic acids is 1. The number of primary amides is 1. The molecule has 1 aromatic rings. The third-order valence-corrected chi connectivity index (χ3v) is 3.70. The van der Waals surface area contributed by atoms with E-state index in [4.69, 9.17) is 11.5 Å². The maximum Gasteiger partial charge on any atom is 0.231 e. The van der Waals surface area contributed by atoms with Crippen molar-refractivity contribution in [3.05, 3.63) is 24.3 Å². The van der Waals surface area contributed by atoms with Gasteiger partial charge in [-0.05, 0) is 32.0 Å². The molecule has 1 amide bonds. The number of para-hydroxylation sites is 2. The summed E-state index contributed by atoms with van der Waals surface area (Å²) >= 11 is 0. The first-order valence-corrected chi connectivity index (χ1v) is 6.66. The molecule has 1 atom stereocenters. The smallest absolute Gasteiger partial charge is 0.231 e. The highest BCUT2D eigenvalue weighted by atomic mass is 16.1. The van der Waals surface area contributed by atoms with Crippen LogP contribution in [0.1, 0.15) is 12.8 Å². The third-order valence-electron chi connectivity index (χ3n) is 3.70. The van der Waals surface area contributed by atoms with Crippen molar-refractivity contribution in [1.29, 1.82) is 0 Å². The number of rotatable bonds is 4. The zero-order chi connectivity index (χ0) is 13.8. The number of carbonyl (C=O) groups is 1. The number of nitrogens with zero attached hydrogens (tertiary/aromatic N) is 2. The van der Waals surface area contributed by atoms with Gasteiger partial charge in [-0.25, -0.2) is 0 Å². The van der Waals surface area contributed by atoms with E-state index in [0.29, 0.717) is 12.6 Å². The van der Waals surface area contributed by atoms with Gasteiger partial charge in [0.2, 0.25) is 5.91 Å². The third kappa shape index (κ3) is 3.38. The van der Waals surface area contributed by atoms with Crippen LogP contribution in [0, 0.1) is 0 Å². The van der Waals surface area contributed by atoms with Crippen LogP contribution in [0.4, 0.5) is 11.4 Å². The molecule has 2 rings (SSSR count). The quantitative estimate of drug-likeness (QED) is 0.781. The maximum atomic E-state index is 11.0. The molecule has 5 nitrogen and oxygen atoms in total. The van der Waals surface area contributed by atoms with Crippen LogP contribution >= 0.6 is 0 Å². The molecule has 5 heteroatoms. The fraction of sp³-hybridized carbons (Fsp3) is 0.500. The van der Waals surface area contributed by atoms with Crippen molar-refractivity contribution < 1.29 is 4.79 Å². The Morgan fingerprint density at radius 2 is 2.21 bits per heavy atom. The first kappa shape index (κ1) is 13.7. The summed E-state index contributed by atoms with van der Waals surface area (Å²) in [4.78, 5) is 15.3. The molecule has 1 unspecified atom stereocenters. The molecule has 1 aromatic carbocycles. The van der Waals surface area contributed by atoms with E-state index in [-0.39, 0.29) is 5.91 Å². The predicted molar refractivity (Wildman–Crippen MR) is 77.9 cm³/mol. The largest absolute Gasteiger partial charge is 0.397 e. The minimum absolute atomic E-state index is 0.279. The molecule has 104 valence electrons. The van der Waals surface area contributed by atoms with E-state index < -0.39 is 0 Å². The van der Waals surface area contributed by atoms with Gasteiger partial charge in [0.25, 0.3) is 0 Å². The summed E-state index contributed by atoms with van der Waals surface area (Å²) in [7, 11) is 1.95. The summed E-state index contributed by atoms with van der Waals surface area (Å²) in [5, 5.41) is 0. The van der Waals surface area contributed by atoms with E-state index in [2.05, 4.69) is 4.90 Å². The molecule has 0 spiro atoms. The van der Waals surface area contributed by atoms with Crippen LogP contribution in [0.5, 0.6) is 0 Å². The van der Waals surface area contributed by atoms with Gasteiger partial charge in [0.05, 0.1) is 17.9 Å². The number of nitrogens with two attached hydrogens (primary N) is 2. The molecule has 0 saturated carbocycles. The van der Waals surface area contributed by atoms with Crippen LogP contribution in [0.3, 0.4) is 0 Å². The molecule has 4 N–H and O–H groups in total. The SMILES string of the molecule is CN(CC(N)=O)C1CCCN(c2ccccc2N)C1. The second-order valence-electron chi connectivity index (χ2n) is 5.18. The first-order valence-electron chi connectivity index (χ1n) is 6.66. The van der Waals surface area contributed by atoms with Crippen molar-refractivity contribution in [2.45, 2.75) is 18.9 Å². The Bertz CT molecular complexity index is 449. The Morgan fingerprint density at radius 3 is 2.89 bits per heavy atom. The molecule has 1 heterocycles. The molecule has 0 aromatic heterocycles. The van der Waals surface area contributed by atoms with Crippen LogP contribution in [0.15, 0.2) is 24.3 Å². The molecule has 1 saturated heterocycles. The average molecular weight is 262 g/mol. The molecule has 1 aliphatic heterocycles. The lowest BCUT2D eigenvalue weighted by atomic mass is 10.0. The van der Waals surface area contributed by atoms with E-state index >= 15 is 0 Å². The first-order chi connectivity index (χ1) is 9.08. The zero-order valence-corrected chi connectivity index (χ0v) is 11.4. The summed E-state index contributed by atoms with van der Waals surface area (Å²) in [6.45, 7) is 2.20. The number of benzene rings is 1. The second-order valence-corrected chi connectivity index (χ2v) is 5.18. The second kappa shape index (κ2) is 5.93. The standard InChI is InChI=1S/C14H22N4O/c1-17(10-14(16)19)11-5-4-8-18(9-11)13-7-3-2-6-12(13)15/h2-3,6-7,11H,4-5,8-10,15H2,1H3,(H2,16,19). The Balaban J connectivity index is 2.05. The van der Waals surface area contributed by atoms with Crippen LogP contribution in [0.2, 0.25) is 0 Å². The van der Waals surface area contributed by atoms with Crippen LogP contribution in [-0.2, 0) is 4.79 Å². The van der Waals surface area contributed by atoms with Gasteiger partial charge in [-0.15, -0.1) is 0 Å². The van der Waals surface area contributed by atoms with E-state index in [1.54, 1.807) is 0 Å². The topological polar surface area (TPSA) is 75.6 Å². The molecule has 0 radical (unpaired) electrons. The van der Waals surface area contributed by atoms with E-state index in [9.17, 15) is 4.79 Å². The lowest BCUT2D eigenvalue weighted by Crippen LogP contribution is -2.48. The highest BCUT2D eigenvalue weighted by Gasteiger charge is 2.24. The van der Waals surface area contributed by atoms with Crippen LogP contribution in [-0.4, -0.2) is 43.5 Å². The molecule has 0 aliphatic carbocycles.